The summed E-state index contributed by atoms with van der Waals surface area (Å²) in [5.41, 5.74) is 0.311. The van der Waals surface area contributed by atoms with Crippen molar-refractivity contribution >= 4 is 23.2 Å². The quantitative estimate of drug-likeness (QED) is 0.836. The third-order valence-electron chi connectivity index (χ3n) is 4.38. The van der Waals surface area contributed by atoms with Crippen molar-refractivity contribution in [1.82, 2.24) is 4.90 Å². The number of amides is 1. The van der Waals surface area contributed by atoms with Crippen molar-refractivity contribution in [2.45, 2.75) is 32.1 Å². The number of aliphatic carboxylic acids is 1. The van der Waals surface area contributed by atoms with E-state index in [9.17, 15) is 14.7 Å². The summed E-state index contributed by atoms with van der Waals surface area (Å²) in [6.45, 7) is 1.36. The molecule has 0 bridgehead atoms. The molecular weight excluding hydrogens is 302 g/mol. The maximum absolute atomic E-state index is 12.4. The zero-order chi connectivity index (χ0) is 16.0. The number of rotatable bonds is 7. The van der Waals surface area contributed by atoms with Crippen molar-refractivity contribution in [3.05, 3.63) is 22.4 Å². The smallest absolute Gasteiger partial charge is 0.311 e. The van der Waals surface area contributed by atoms with Crippen LogP contribution < -0.4 is 0 Å². The topological polar surface area (TPSA) is 66.8 Å². The number of carboxylic acids is 1. The number of ether oxygens (including phenoxy) is 1. The Morgan fingerprint density at radius 1 is 1.50 bits per heavy atom. The number of thiophene rings is 1. The van der Waals surface area contributed by atoms with Crippen molar-refractivity contribution in [2.75, 3.05) is 26.8 Å². The lowest BCUT2D eigenvalue weighted by Crippen LogP contribution is -2.50. The van der Waals surface area contributed by atoms with Gasteiger partial charge >= 0.3 is 5.97 Å². The highest BCUT2D eigenvalue weighted by molar-refractivity contribution is 7.07. The van der Waals surface area contributed by atoms with Gasteiger partial charge in [0.1, 0.15) is 0 Å². The van der Waals surface area contributed by atoms with E-state index in [2.05, 4.69) is 0 Å². The Morgan fingerprint density at radius 3 is 2.95 bits per heavy atom. The van der Waals surface area contributed by atoms with Crippen molar-refractivity contribution in [3.63, 3.8) is 0 Å². The van der Waals surface area contributed by atoms with Crippen LogP contribution in [-0.2, 0) is 20.7 Å². The molecule has 1 atom stereocenters. The summed E-state index contributed by atoms with van der Waals surface area (Å²) in [6.07, 6.45) is 2.96. The molecule has 1 aromatic heterocycles. The van der Waals surface area contributed by atoms with E-state index in [1.165, 1.54) is 5.56 Å². The van der Waals surface area contributed by atoms with Crippen LogP contribution in [0.15, 0.2) is 16.8 Å². The van der Waals surface area contributed by atoms with Gasteiger partial charge in [-0.05, 0) is 48.1 Å². The number of carboxylic acid groups (broad SMARTS) is 1. The molecular formula is C16H23NO4S. The Morgan fingerprint density at radius 2 is 2.32 bits per heavy atom. The van der Waals surface area contributed by atoms with Gasteiger partial charge in [-0.3, -0.25) is 9.59 Å². The first-order chi connectivity index (χ1) is 10.6. The molecule has 0 aromatic carbocycles. The van der Waals surface area contributed by atoms with Crippen LogP contribution in [0.1, 0.15) is 31.2 Å². The van der Waals surface area contributed by atoms with Gasteiger partial charge in [-0.25, -0.2) is 0 Å². The molecule has 122 valence electrons. The second kappa shape index (κ2) is 7.74. The maximum atomic E-state index is 12.4. The Balaban J connectivity index is 1.95. The van der Waals surface area contributed by atoms with E-state index in [0.717, 1.165) is 12.8 Å². The molecule has 0 radical (unpaired) electrons. The molecule has 5 nitrogen and oxygen atoms in total. The lowest BCUT2D eigenvalue weighted by Gasteiger charge is -2.40. The number of methoxy groups -OCH3 is 1. The molecule has 22 heavy (non-hydrogen) atoms. The fraction of sp³-hybridized carbons (Fsp3) is 0.625. The summed E-state index contributed by atoms with van der Waals surface area (Å²) in [4.78, 5) is 25.8. The Hall–Kier alpha value is -1.40. The lowest BCUT2D eigenvalue weighted by molar-refractivity contribution is -0.156. The van der Waals surface area contributed by atoms with Crippen molar-refractivity contribution in [3.8, 4) is 0 Å². The van der Waals surface area contributed by atoms with Gasteiger partial charge in [-0.2, -0.15) is 11.3 Å². The largest absolute Gasteiger partial charge is 0.481 e. The highest BCUT2D eigenvalue weighted by atomic mass is 32.1. The molecule has 1 aliphatic heterocycles. The van der Waals surface area contributed by atoms with Gasteiger partial charge in [0.05, 0.1) is 5.41 Å². The summed E-state index contributed by atoms with van der Waals surface area (Å²) in [6, 6.07) is 2.02. The van der Waals surface area contributed by atoms with Crippen LogP contribution in [-0.4, -0.2) is 48.7 Å². The minimum atomic E-state index is -0.855. The van der Waals surface area contributed by atoms with Crippen LogP contribution in [0.4, 0.5) is 0 Å². The van der Waals surface area contributed by atoms with Crippen molar-refractivity contribution in [2.24, 2.45) is 5.41 Å². The van der Waals surface area contributed by atoms with Gasteiger partial charge < -0.3 is 14.7 Å². The molecule has 6 heteroatoms. The average molecular weight is 325 g/mol. The Labute approximate surface area is 134 Å². The Bertz CT molecular complexity index is 502. The van der Waals surface area contributed by atoms with Crippen LogP contribution in [0.3, 0.4) is 0 Å². The zero-order valence-corrected chi connectivity index (χ0v) is 13.7. The van der Waals surface area contributed by atoms with E-state index >= 15 is 0 Å². The van der Waals surface area contributed by atoms with Gasteiger partial charge in [-0.1, -0.05) is 0 Å². The minimum Gasteiger partial charge on any atom is -0.481 e. The zero-order valence-electron chi connectivity index (χ0n) is 12.9. The summed E-state index contributed by atoms with van der Waals surface area (Å²) in [5, 5.41) is 13.6. The standard InChI is InChI=1S/C16H23NO4S/c1-21-9-7-16(15(19)20)6-2-8-17(12-16)14(18)4-3-13-5-10-22-11-13/h5,10-11H,2-4,6-9,12H2,1H3,(H,19,20)/t16-/m0/s1. The summed E-state index contributed by atoms with van der Waals surface area (Å²) in [7, 11) is 1.57. The molecule has 1 fully saturated rings. The molecule has 2 rings (SSSR count). The highest BCUT2D eigenvalue weighted by Gasteiger charge is 2.43. The fourth-order valence-electron chi connectivity index (χ4n) is 2.97. The predicted molar refractivity (Wildman–Crippen MR) is 85.0 cm³/mol. The normalized spacial score (nSPS) is 21.8. The van der Waals surface area contributed by atoms with Gasteiger partial charge in [0, 0.05) is 33.2 Å². The van der Waals surface area contributed by atoms with Crippen LogP contribution in [0, 0.1) is 5.41 Å². The number of hydrogen-bond donors (Lipinski definition) is 1. The van der Waals surface area contributed by atoms with Crippen molar-refractivity contribution in [1.29, 1.82) is 0 Å². The number of nitrogens with zero attached hydrogens (tertiary/aromatic N) is 1. The molecule has 2 heterocycles. The predicted octanol–water partition coefficient (Wildman–Crippen LogP) is 2.41. The van der Waals surface area contributed by atoms with Crippen LogP contribution in [0.25, 0.3) is 0 Å². The second-order valence-electron chi connectivity index (χ2n) is 5.88. The average Bonchev–Trinajstić information content (AvgIpc) is 3.04. The van der Waals surface area contributed by atoms with Gasteiger partial charge in [0.15, 0.2) is 0 Å². The molecule has 0 spiro atoms. The first-order valence-electron chi connectivity index (χ1n) is 7.58. The number of carbonyl (C=O) groups is 2. The summed E-state index contributed by atoms with van der Waals surface area (Å²) < 4.78 is 5.05. The van der Waals surface area contributed by atoms with E-state index in [1.807, 2.05) is 16.8 Å². The monoisotopic (exact) mass is 325 g/mol. The maximum Gasteiger partial charge on any atom is 0.311 e. The van der Waals surface area contributed by atoms with Crippen molar-refractivity contribution < 1.29 is 19.4 Å². The van der Waals surface area contributed by atoms with E-state index in [0.29, 0.717) is 39.0 Å². The number of carbonyl (C=O) groups excluding carboxylic acids is 1. The molecule has 1 aliphatic rings. The minimum absolute atomic E-state index is 0.0499. The Kier molecular flexibility index (Phi) is 5.97. The number of piperidine rings is 1. The summed E-state index contributed by atoms with van der Waals surface area (Å²) in [5.74, 6) is -0.770. The molecule has 1 saturated heterocycles. The van der Waals surface area contributed by atoms with Gasteiger partial charge in [-0.15, -0.1) is 0 Å². The van der Waals surface area contributed by atoms with E-state index < -0.39 is 11.4 Å². The molecule has 0 aliphatic carbocycles. The second-order valence-corrected chi connectivity index (χ2v) is 6.66. The first-order valence-corrected chi connectivity index (χ1v) is 8.53. The third-order valence-corrected chi connectivity index (χ3v) is 5.11. The highest BCUT2D eigenvalue weighted by Crippen LogP contribution is 2.34. The number of likely N-dealkylation sites (tertiary alicyclic amines) is 1. The first kappa shape index (κ1) is 17.0. The fourth-order valence-corrected chi connectivity index (χ4v) is 3.68. The number of aryl methyl sites for hydroxylation is 1. The van der Waals surface area contributed by atoms with Crippen LogP contribution >= 0.6 is 11.3 Å². The van der Waals surface area contributed by atoms with E-state index in [4.69, 9.17) is 4.74 Å². The van der Waals surface area contributed by atoms with Gasteiger partial charge in [0.2, 0.25) is 5.91 Å². The van der Waals surface area contributed by atoms with Crippen LogP contribution in [0.2, 0.25) is 0 Å². The molecule has 0 unspecified atom stereocenters. The number of hydrogen-bond acceptors (Lipinski definition) is 4. The molecule has 1 aromatic rings. The van der Waals surface area contributed by atoms with Gasteiger partial charge in [0.25, 0.3) is 0 Å². The molecule has 1 amide bonds. The molecule has 0 saturated carbocycles. The SMILES string of the molecule is COCC[C@@]1(C(=O)O)CCCN(C(=O)CCc2ccsc2)C1. The summed E-state index contributed by atoms with van der Waals surface area (Å²) >= 11 is 1.62. The van der Waals surface area contributed by atoms with Crippen LogP contribution in [0.5, 0.6) is 0 Å². The van der Waals surface area contributed by atoms with E-state index in [1.54, 1.807) is 23.3 Å². The lowest BCUT2D eigenvalue weighted by atomic mass is 9.77. The molecule has 1 N–H and O–H groups in total. The van der Waals surface area contributed by atoms with E-state index in [-0.39, 0.29) is 5.91 Å². The third kappa shape index (κ3) is 4.08.